The van der Waals surface area contributed by atoms with E-state index in [2.05, 4.69) is 20.8 Å². The van der Waals surface area contributed by atoms with E-state index in [1.54, 1.807) is 6.08 Å². The highest BCUT2D eigenvalue weighted by molar-refractivity contribution is 8.01. The molecule has 2 aliphatic rings. The third-order valence-electron chi connectivity index (χ3n) is 5.15. The first-order valence-electron chi connectivity index (χ1n) is 11.8. The lowest BCUT2D eigenvalue weighted by molar-refractivity contribution is -0.157. The first kappa shape index (κ1) is 29.5. The van der Waals surface area contributed by atoms with E-state index in [0.717, 1.165) is 11.3 Å². The Kier molecular flexibility index (Phi) is 10.6. The van der Waals surface area contributed by atoms with Gasteiger partial charge in [0.05, 0.1) is 25.4 Å². The normalized spacial score (nSPS) is 20.8. The predicted octanol–water partition coefficient (Wildman–Crippen LogP) is 1.11. The van der Waals surface area contributed by atoms with E-state index in [-0.39, 0.29) is 47.9 Å². The van der Waals surface area contributed by atoms with Gasteiger partial charge in [-0.3, -0.25) is 19.2 Å². The Balaban J connectivity index is 1.64. The van der Waals surface area contributed by atoms with Gasteiger partial charge >= 0.3 is 5.97 Å². The van der Waals surface area contributed by atoms with Gasteiger partial charge in [-0.05, 0) is 33.8 Å². The van der Waals surface area contributed by atoms with Crippen LogP contribution in [0.15, 0.2) is 22.8 Å². The first-order valence-corrected chi connectivity index (χ1v) is 13.6. The second kappa shape index (κ2) is 13.7. The summed E-state index contributed by atoms with van der Waals surface area (Å²) < 4.78 is 16.9. The minimum atomic E-state index is -0.912. The Morgan fingerprint density at radius 1 is 1.21 bits per heavy atom. The number of esters is 1. The number of thiazole rings is 1. The Labute approximate surface area is 228 Å². The molecule has 13 nitrogen and oxygen atoms in total. The number of carbonyl (C=O) groups excluding carboxylic acids is 4. The molecule has 2 aliphatic heterocycles. The van der Waals surface area contributed by atoms with Gasteiger partial charge in [0.1, 0.15) is 35.6 Å². The van der Waals surface area contributed by atoms with Crippen molar-refractivity contribution in [3.63, 3.8) is 0 Å². The van der Waals surface area contributed by atoms with Crippen LogP contribution < -0.4 is 10.6 Å². The van der Waals surface area contributed by atoms with Crippen molar-refractivity contribution in [2.45, 2.75) is 62.7 Å². The number of nitrogens with one attached hydrogen (secondary N) is 2. The van der Waals surface area contributed by atoms with Crippen molar-refractivity contribution < 1.29 is 38.2 Å². The van der Waals surface area contributed by atoms with Crippen molar-refractivity contribution >= 4 is 58.1 Å². The van der Waals surface area contributed by atoms with E-state index in [9.17, 15) is 19.2 Å². The molecule has 0 spiro atoms. The van der Waals surface area contributed by atoms with Crippen molar-refractivity contribution in [3.8, 4) is 0 Å². The first-order chi connectivity index (χ1) is 18.1. The van der Waals surface area contributed by atoms with Gasteiger partial charge < -0.3 is 34.6 Å². The van der Waals surface area contributed by atoms with Crippen molar-refractivity contribution in [1.29, 1.82) is 0 Å². The monoisotopic (exact) mass is 569 g/mol. The fraction of sp³-hybridized carbons (Fsp3) is 0.565. The smallest absolute Gasteiger partial charge is 0.323 e. The molecule has 3 amide bonds. The highest BCUT2D eigenvalue weighted by Crippen LogP contribution is 2.38. The lowest BCUT2D eigenvalue weighted by Gasteiger charge is -2.47. The summed E-state index contributed by atoms with van der Waals surface area (Å²) in [6, 6.07) is -0.912. The van der Waals surface area contributed by atoms with E-state index in [4.69, 9.17) is 19.0 Å². The zero-order chi connectivity index (χ0) is 27.8. The average molecular weight is 570 g/mol. The number of hydrogen-bond donors (Lipinski definition) is 2. The molecular weight excluding hydrogens is 538 g/mol. The van der Waals surface area contributed by atoms with Crippen LogP contribution in [0.5, 0.6) is 0 Å². The zero-order valence-electron chi connectivity index (χ0n) is 21.6. The second-order valence-corrected chi connectivity index (χ2v) is 10.9. The van der Waals surface area contributed by atoms with Crippen molar-refractivity contribution in [2.24, 2.45) is 5.16 Å². The van der Waals surface area contributed by atoms with Gasteiger partial charge in [0.25, 0.3) is 11.8 Å². The minimum Gasteiger partial charge on any atom is -0.456 e. The number of β-lactam (4-membered cyclic amide) rings is 1. The van der Waals surface area contributed by atoms with E-state index in [1.807, 2.05) is 27.7 Å². The molecule has 0 aromatic carbocycles. The van der Waals surface area contributed by atoms with E-state index in [0.29, 0.717) is 6.41 Å². The molecule has 38 heavy (non-hydrogen) atoms. The van der Waals surface area contributed by atoms with Gasteiger partial charge in [-0.25, -0.2) is 4.98 Å². The number of oxime groups is 1. The van der Waals surface area contributed by atoms with E-state index in [1.165, 1.54) is 35.4 Å². The Hall–Kier alpha value is -3.01. The third kappa shape index (κ3) is 7.52. The number of anilines is 1. The number of nitrogens with zero attached hydrogens (tertiary/aromatic N) is 3. The molecule has 0 bridgehead atoms. The number of rotatable bonds is 14. The number of aromatic nitrogens is 1. The Bertz CT molecular complexity index is 1060. The number of thioether (sulfide) groups is 1. The highest BCUT2D eigenvalue weighted by atomic mass is 32.2. The van der Waals surface area contributed by atoms with Gasteiger partial charge in [-0.1, -0.05) is 5.16 Å². The van der Waals surface area contributed by atoms with Gasteiger partial charge in [-0.2, -0.15) is 0 Å². The Morgan fingerprint density at radius 2 is 1.89 bits per heavy atom. The van der Waals surface area contributed by atoms with Crippen LogP contribution in [0.3, 0.4) is 0 Å². The molecule has 1 fully saturated rings. The van der Waals surface area contributed by atoms with Crippen molar-refractivity contribution in [3.05, 3.63) is 23.3 Å². The molecule has 1 aromatic rings. The van der Waals surface area contributed by atoms with E-state index >= 15 is 0 Å². The van der Waals surface area contributed by atoms with Crippen LogP contribution in [0.25, 0.3) is 0 Å². The maximum Gasteiger partial charge on any atom is 0.323 e. The maximum absolute atomic E-state index is 13.0. The van der Waals surface area contributed by atoms with Crippen LogP contribution in [-0.4, -0.2) is 95.1 Å². The van der Waals surface area contributed by atoms with Crippen LogP contribution in [0.2, 0.25) is 0 Å². The fourth-order valence-electron chi connectivity index (χ4n) is 3.37. The minimum absolute atomic E-state index is 0.0400. The summed E-state index contributed by atoms with van der Waals surface area (Å²) in [6.45, 7) is 7.92. The number of fused-ring (bicyclic) bond motifs is 1. The number of ether oxygens (including phenoxy) is 3. The molecular formula is C23H31N5O8S2. The van der Waals surface area contributed by atoms with Crippen LogP contribution in [0.1, 0.15) is 33.4 Å². The second-order valence-electron chi connectivity index (χ2n) is 8.73. The van der Waals surface area contributed by atoms with E-state index < -0.39 is 34.6 Å². The summed E-state index contributed by atoms with van der Waals surface area (Å²) in [5, 5.41) is 9.32. The number of hydrogen-bond acceptors (Lipinski definition) is 12. The van der Waals surface area contributed by atoms with Crippen LogP contribution in [0.4, 0.5) is 5.13 Å². The largest absolute Gasteiger partial charge is 0.456 e. The molecule has 3 rings (SSSR count). The summed E-state index contributed by atoms with van der Waals surface area (Å²) in [7, 11) is 1.27. The fourth-order valence-corrected chi connectivity index (χ4v) is 5.30. The van der Waals surface area contributed by atoms with Crippen molar-refractivity contribution in [1.82, 2.24) is 15.2 Å². The summed E-state index contributed by atoms with van der Waals surface area (Å²) in [4.78, 5) is 59.6. The van der Waals surface area contributed by atoms with Gasteiger partial charge in [0, 0.05) is 11.6 Å². The van der Waals surface area contributed by atoms with Crippen LogP contribution in [0, 0.1) is 0 Å². The third-order valence-corrected chi connectivity index (χ3v) is 7.34. The topological polar surface area (TPSA) is 158 Å². The summed E-state index contributed by atoms with van der Waals surface area (Å²) >= 11 is 2.27. The molecule has 2 N–H and O–H groups in total. The molecule has 1 aromatic heterocycles. The summed E-state index contributed by atoms with van der Waals surface area (Å²) in [6.07, 6.45) is 2.89. The molecule has 1 saturated heterocycles. The average Bonchev–Trinajstić information content (AvgIpc) is 3.34. The van der Waals surface area contributed by atoms with Crippen LogP contribution in [-0.2, 0) is 38.2 Å². The van der Waals surface area contributed by atoms with Gasteiger partial charge in [-0.15, -0.1) is 23.1 Å². The van der Waals surface area contributed by atoms with Gasteiger partial charge in [0.2, 0.25) is 6.41 Å². The lowest BCUT2D eigenvalue weighted by Crippen LogP contribution is -2.69. The molecule has 0 radical (unpaired) electrons. The van der Waals surface area contributed by atoms with Crippen molar-refractivity contribution in [2.75, 3.05) is 25.6 Å². The molecule has 2 unspecified atom stereocenters. The summed E-state index contributed by atoms with van der Waals surface area (Å²) in [5.41, 5.74) is -0.00217. The van der Waals surface area contributed by atoms with Gasteiger partial charge in [0.15, 0.2) is 10.8 Å². The molecule has 3 atom stereocenters. The molecule has 15 heteroatoms. The number of carbonyl (C=O) groups is 4. The Morgan fingerprint density at radius 3 is 2.50 bits per heavy atom. The quantitative estimate of drug-likeness (QED) is 0.109. The molecule has 3 heterocycles. The molecule has 0 saturated carbocycles. The maximum atomic E-state index is 13.0. The standard InChI is InChI=1S/C23H31N5O8S2/c1-12(2)34-8-14(9-35-13(3)4)36-22(32)16-6-7-28-20(31)18(21(28)38-16)26-19(30)17(27-33-5)15-10-37-23(25-15)24-11-29/h6-7,10-14,16,18,21H,8-9H2,1-5H3,(H,26,30)(H,24,25,29)/t16?,18?,21-/m1/s1. The zero-order valence-corrected chi connectivity index (χ0v) is 23.2. The molecule has 0 aliphatic carbocycles. The summed E-state index contributed by atoms with van der Waals surface area (Å²) in [5.74, 6) is -1.54. The number of amides is 3. The lowest BCUT2D eigenvalue weighted by atomic mass is 10.1. The van der Waals surface area contributed by atoms with Crippen LogP contribution >= 0.6 is 23.1 Å². The highest BCUT2D eigenvalue weighted by Gasteiger charge is 2.51. The SMILES string of the molecule is CON=C(C(=O)NC1C(=O)N2C=CC(C(=O)OC(COC(C)C)COC(C)C)S[C@H]12)c1csc(NC=O)n1. The predicted molar refractivity (Wildman–Crippen MR) is 140 cm³/mol. The molecule has 208 valence electrons.